The van der Waals surface area contributed by atoms with Gasteiger partial charge in [-0.25, -0.2) is 0 Å². The topological polar surface area (TPSA) is 66.6 Å². The lowest BCUT2D eigenvalue weighted by molar-refractivity contribution is -0.142. The molecule has 0 spiro atoms. The van der Waals surface area contributed by atoms with Crippen molar-refractivity contribution in [3.63, 3.8) is 0 Å². The number of hydrogen-bond donors (Lipinski definition) is 1. The maximum atomic E-state index is 12.4. The quantitative estimate of drug-likeness (QED) is 0.852. The number of nitrogens with zero attached hydrogens (tertiary/aromatic N) is 2. The standard InChI is InChI=1S/C15H27N3O2.ClH/c16-8-4-7-14(19)17-9-11-18(12-10-17)15(20)13-5-2-1-3-6-13;/h13H,1-12,16H2;1H. The number of piperazine rings is 1. The van der Waals surface area contributed by atoms with Crippen molar-refractivity contribution in [3.8, 4) is 0 Å². The summed E-state index contributed by atoms with van der Waals surface area (Å²) in [6, 6.07) is 0. The van der Waals surface area contributed by atoms with Gasteiger partial charge in [-0.3, -0.25) is 9.59 Å². The summed E-state index contributed by atoms with van der Waals surface area (Å²) in [4.78, 5) is 28.1. The first-order valence-corrected chi connectivity index (χ1v) is 7.99. The molecule has 2 fully saturated rings. The smallest absolute Gasteiger partial charge is 0.225 e. The summed E-state index contributed by atoms with van der Waals surface area (Å²) in [6.07, 6.45) is 7.03. The summed E-state index contributed by atoms with van der Waals surface area (Å²) in [7, 11) is 0. The van der Waals surface area contributed by atoms with E-state index in [-0.39, 0.29) is 24.2 Å². The Morgan fingerprint density at radius 3 is 2.10 bits per heavy atom. The van der Waals surface area contributed by atoms with Crippen LogP contribution in [0.4, 0.5) is 0 Å². The predicted molar refractivity (Wildman–Crippen MR) is 85.3 cm³/mol. The highest BCUT2D eigenvalue weighted by Crippen LogP contribution is 2.25. The zero-order valence-corrected chi connectivity index (χ0v) is 13.6. The molecular formula is C15H28ClN3O2. The minimum atomic E-state index is 0. The van der Waals surface area contributed by atoms with Gasteiger partial charge >= 0.3 is 0 Å². The number of rotatable bonds is 4. The van der Waals surface area contributed by atoms with Crippen LogP contribution in [0.3, 0.4) is 0 Å². The van der Waals surface area contributed by atoms with Crippen LogP contribution in [-0.2, 0) is 9.59 Å². The van der Waals surface area contributed by atoms with Crippen LogP contribution in [0.15, 0.2) is 0 Å². The largest absolute Gasteiger partial charge is 0.339 e. The van der Waals surface area contributed by atoms with Crippen molar-refractivity contribution in [1.82, 2.24) is 9.80 Å². The van der Waals surface area contributed by atoms with E-state index in [1.165, 1.54) is 19.3 Å². The second-order valence-electron chi connectivity index (χ2n) is 5.93. The predicted octanol–water partition coefficient (Wildman–Crippen LogP) is 1.40. The second kappa shape index (κ2) is 9.26. The average molecular weight is 318 g/mol. The van der Waals surface area contributed by atoms with Crippen molar-refractivity contribution < 1.29 is 9.59 Å². The summed E-state index contributed by atoms with van der Waals surface area (Å²) < 4.78 is 0. The van der Waals surface area contributed by atoms with Gasteiger partial charge in [-0.05, 0) is 25.8 Å². The van der Waals surface area contributed by atoms with Gasteiger partial charge in [0.25, 0.3) is 0 Å². The lowest BCUT2D eigenvalue weighted by Crippen LogP contribution is -2.52. The third-order valence-corrected chi connectivity index (χ3v) is 4.49. The Balaban J connectivity index is 0.00000220. The van der Waals surface area contributed by atoms with Gasteiger partial charge in [0.15, 0.2) is 0 Å². The van der Waals surface area contributed by atoms with E-state index in [9.17, 15) is 9.59 Å². The molecule has 1 aliphatic heterocycles. The molecule has 0 aromatic rings. The Hall–Kier alpha value is -0.810. The average Bonchev–Trinajstić information content (AvgIpc) is 2.53. The van der Waals surface area contributed by atoms with E-state index < -0.39 is 0 Å². The molecule has 2 aliphatic rings. The number of carbonyl (C=O) groups is 2. The van der Waals surface area contributed by atoms with E-state index in [0.29, 0.717) is 45.1 Å². The van der Waals surface area contributed by atoms with E-state index in [2.05, 4.69) is 0 Å². The number of carbonyl (C=O) groups excluding carboxylic acids is 2. The molecule has 122 valence electrons. The fourth-order valence-corrected chi connectivity index (χ4v) is 3.20. The molecule has 0 radical (unpaired) electrons. The number of halogens is 1. The summed E-state index contributed by atoms with van der Waals surface area (Å²) in [6.45, 7) is 3.32. The maximum Gasteiger partial charge on any atom is 0.225 e. The van der Waals surface area contributed by atoms with Crippen molar-refractivity contribution in [2.75, 3.05) is 32.7 Å². The fraction of sp³-hybridized carbons (Fsp3) is 0.867. The molecule has 1 aliphatic carbocycles. The van der Waals surface area contributed by atoms with Gasteiger partial charge in [-0.2, -0.15) is 0 Å². The molecule has 0 bridgehead atoms. The van der Waals surface area contributed by atoms with E-state index in [1.54, 1.807) is 0 Å². The highest BCUT2D eigenvalue weighted by Gasteiger charge is 2.29. The van der Waals surface area contributed by atoms with Gasteiger partial charge in [-0.15, -0.1) is 12.4 Å². The first-order valence-electron chi connectivity index (χ1n) is 7.99. The maximum absolute atomic E-state index is 12.4. The van der Waals surface area contributed by atoms with Crippen LogP contribution in [0.1, 0.15) is 44.9 Å². The minimum Gasteiger partial charge on any atom is -0.339 e. The van der Waals surface area contributed by atoms with E-state index in [4.69, 9.17) is 5.73 Å². The zero-order chi connectivity index (χ0) is 14.4. The molecule has 0 atom stereocenters. The Morgan fingerprint density at radius 1 is 0.952 bits per heavy atom. The third kappa shape index (κ3) is 5.15. The van der Waals surface area contributed by atoms with Gasteiger partial charge in [0, 0.05) is 38.5 Å². The molecule has 2 rings (SSSR count). The van der Waals surface area contributed by atoms with Crippen LogP contribution in [0.25, 0.3) is 0 Å². The van der Waals surface area contributed by atoms with Crippen molar-refractivity contribution in [2.24, 2.45) is 11.7 Å². The van der Waals surface area contributed by atoms with Crippen LogP contribution in [0.5, 0.6) is 0 Å². The lowest BCUT2D eigenvalue weighted by atomic mass is 9.88. The Kier molecular flexibility index (Phi) is 8.04. The number of hydrogen-bond acceptors (Lipinski definition) is 3. The molecule has 1 heterocycles. The van der Waals surface area contributed by atoms with Crippen molar-refractivity contribution in [3.05, 3.63) is 0 Å². The monoisotopic (exact) mass is 317 g/mol. The Morgan fingerprint density at radius 2 is 1.52 bits per heavy atom. The zero-order valence-electron chi connectivity index (χ0n) is 12.8. The third-order valence-electron chi connectivity index (χ3n) is 4.49. The summed E-state index contributed by atoms with van der Waals surface area (Å²) >= 11 is 0. The van der Waals surface area contributed by atoms with Crippen LogP contribution < -0.4 is 5.73 Å². The highest BCUT2D eigenvalue weighted by molar-refractivity contribution is 5.85. The summed E-state index contributed by atoms with van der Waals surface area (Å²) in [5.74, 6) is 0.738. The van der Waals surface area contributed by atoms with Crippen LogP contribution in [0.2, 0.25) is 0 Å². The normalized spacial score (nSPS) is 20.0. The number of amides is 2. The van der Waals surface area contributed by atoms with Gasteiger partial charge in [0.05, 0.1) is 0 Å². The van der Waals surface area contributed by atoms with E-state index >= 15 is 0 Å². The SMILES string of the molecule is Cl.NCCCC(=O)N1CCN(C(=O)C2CCCCC2)CC1. The molecule has 21 heavy (non-hydrogen) atoms. The molecule has 0 aromatic heterocycles. The Labute approximate surface area is 133 Å². The lowest BCUT2D eigenvalue weighted by Gasteiger charge is -2.37. The molecule has 1 saturated carbocycles. The van der Waals surface area contributed by atoms with Crippen LogP contribution in [-0.4, -0.2) is 54.3 Å². The van der Waals surface area contributed by atoms with E-state index in [0.717, 1.165) is 19.3 Å². The number of nitrogens with two attached hydrogens (primary N) is 1. The molecule has 6 heteroatoms. The van der Waals surface area contributed by atoms with Gasteiger partial charge in [0.1, 0.15) is 0 Å². The van der Waals surface area contributed by atoms with E-state index in [1.807, 2.05) is 9.80 Å². The van der Waals surface area contributed by atoms with Crippen molar-refractivity contribution in [2.45, 2.75) is 44.9 Å². The van der Waals surface area contributed by atoms with Crippen LogP contribution in [0, 0.1) is 5.92 Å². The van der Waals surface area contributed by atoms with Gasteiger partial charge in [0.2, 0.25) is 11.8 Å². The Bertz CT molecular complexity index is 338. The highest BCUT2D eigenvalue weighted by atomic mass is 35.5. The molecule has 5 nitrogen and oxygen atoms in total. The first kappa shape index (κ1) is 18.2. The first-order chi connectivity index (χ1) is 9.72. The second-order valence-corrected chi connectivity index (χ2v) is 5.93. The summed E-state index contributed by atoms with van der Waals surface area (Å²) in [5, 5.41) is 0. The molecule has 0 unspecified atom stereocenters. The fourth-order valence-electron chi connectivity index (χ4n) is 3.20. The molecule has 1 saturated heterocycles. The van der Waals surface area contributed by atoms with Crippen molar-refractivity contribution in [1.29, 1.82) is 0 Å². The van der Waals surface area contributed by atoms with Crippen LogP contribution >= 0.6 is 12.4 Å². The van der Waals surface area contributed by atoms with Gasteiger partial charge < -0.3 is 15.5 Å². The molecule has 2 N–H and O–H groups in total. The molecule has 2 amide bonds. The minimum absolute atomic E-state index is 0. The van der Waals surface area contributed by atoms with Gasteiger partial charge in [-0.1, -0.05) is 19.3 Å². The summed E-state index contributed by atoms with van der Waals surface area (Å²) in [5.41, 5.74) is 5.43. The van der Waals surface area contributed by atoms with Crippen molar-refractivity contribution >= 4 is 24.2 Å². The molecule has 0 aromatic carbocycles. The molecular weight excluding hydrogens is 290 g/mol.